The normalized spacial score (nSPS) is 21.1. The maximum absolute atomic E-state index is 5.14. The van der Waals surface area contributed by atoms with Gasteiger partial charge in [0.15, 0.2) is 0 Å². The average molecular weight is 314 g/mol. The molecule has 100 valence electrons. The minimum Gasteiger partial charge on any atom is -0.383 e. The lowest BCUT2D eigenvalue weighted by Crippen LogP contribution is -2.38. The third-order valence-corrected chi connectivity index (χ3v) is 3.80. The maximum Gasteiger partial charge on any atom is 0.124 e. The number of likely N-dealkylation sites (tertiary alicyclic amines) is 1. The molecule has 1 saturated heterocycles. The lowest BCUT2D eigenvalue weighted by atomic mass is 9.93. The zero-order valence-electron chi connectivity index (χ0n) is 10.8. The molecular weight excluding hydrogens is 294 g/mol. The molecule has 0 aromatic carbocycles. The van der Waals surface area contributed by atoms with Crippen molar-refractivity contribution in [2.45, 2.75) is 19.3 Å². The molecule has 0 bridgehead atoms. The Bertz CT molecular complexity index is 358. The smallest absolute Gasteiger partial charge is 0.124 e. The average Bonchev–Trinajstić information content (AvgIpc) is 2.40. The molecule has 1 unspecified atom stereocenters. The van der Waals surface area contributed by atoms with Crippen molar-refractivity contribution in [1.29, 1.82) is 0 Å². The first-order valence-electron chi connectivity index (χ1n) is 6.45. The Hall–Kier alpha value is -0.520. The Balaban J connectivity index is 1.83. The van der Waals surface area contributed by atoms with Crippen LogP contribution in [0.2, 0.25) is 0 Å². The van der Waals surface area contributed by atoms with Gasteiger partial charge in [-0.05, 0) is 47.7 Å². The monoisotopic (exact) mass is 313 g/mol. The number of ether oxygens (including phenoxy) is 1. The van der Waals surface area contributed by atoms with Gasteiger partial charge in [0.1, 0.15) is 4.60 Å². The first-order chi connectivity index (χ1) is 8.78. The molecule has 2 heterocycles. The van der Waals surface area contributed by atoms with E-state index in [1.165, 1.54) is 19.4 Å². The van der Waals surface area contributed by atoms with Crippen molar-refractivity contribution in [3.05, 3.63) is 22.7 Å². The van der Waals surface area contributed by atoms with Gasteiger partial charge >= 0.3 is 0 Å². The molecule has 1 aliphatic heterocycles. The predicted molar refractivity (Wildman–Crippen MR) is 74.5 cm³/mol. The van der Waals surface area contributed by atoms with Gasteiger partial charge in [-0.1, -0.05) is 0 Å². The Morgan fingerprint density at radius 2 is 2.33 bits per heavy atom. The first-order valence-corrected chi connectivity index (χ1v) is 7.25. The van der Waals surface area contributed by atoms with Crippen LogP contribution in [0.15, 0.2) is 17.0 Å². The molecule has 0 spiro atoms. The van der Waals surface area contributed by atoms with E-state index in [1.54, 1.807) is 13.3 Å². The van der Waals surface area contributed by atoms with Crippen molar-refractivity contribution < 1.29 is 4.74 Å². The van der Waals surface area contributed by atoms with E-state index in [0.717, 1.165) is 36.4 Å². The summed E-state index contributed by atoms with van der Waals surface area (Å²) in [5.74, 6) is 0.700. The van der Waals surface area contributed by atoms with E-state index in [2.05, 4.69) is 30.8 Å². The summed E-state index contributed by atoms with van der Waals surface area (Å²) in [6, 6.07) is 0. The summed E-state index contributed by atoms with van der Waals surface area (Å²) in [7, 11) is 1.76. The summed E-state index contributed by atoms with van der Waals surface area (Å²) in [5, 5.41) is 0. The molecule has 0 N–H and O–H groups in total. The highest BCUT2D eigenvalue weighted by molar-refractivity contribution is 9.10. The summed E-state index contributed by atoms with van der Waals surface area (Å²) in [5.41, 5.74) is 1.09. The van der Waals surface area contributed by atoms with Crippen molar-refractivity contribution in [1.82, 2.24) is 14.9 Å². The fourth-order valence-corrected chi connectivity index (χ4v) is 2.69. The van der Waals surface area contributed by atoms with E-state index in [4.69, 9.17) is 4.74 Å². The van der Waals surface area contributed by atoms with Crippen LogP contribution in [0.25, 0.3) is 0 Å². The minimum absolute atomic E-state index is 0.700. The zero-order valence-corrected chi connectivity index (χ0v) is 12.4. The summed E-state index contributed by atoms with van der Waals surface area (Å²) in [6.45, 7) is 4.22. The van der Waals surface area contributed by atoms with E-state index in [1.807, 2.05) is 6.20 Å². The van der Waals surface area contributed by atoms with Crippen LogP contribution in [0.5, 0.6) is 0 Å². The number of nitrogens with zero attached hydrogens (tertiary/aromatic N) is 3. The number of hydrogen-bond acceptors (Lipinski definition) is 4. The molecule has 5 heteroatoms. The van der Waals surface area contributed by atoms with Gasteiger partial charge in [-0.15, -0.1) is 0 Å². The van der Waals surface area contributed by atoms with Crippen LogP contribution < -0.4 is 0 Å². The van der Waals surface area contributed by atoms with Crippen LogP contribution in [0, 0.1) is 5.92 Å². The molecule has 1 aromatic heterocycles. The summed E-state index contributed by atoms with van der Waals surface area (Å²) >= 11 is 3.31. The van der Waals surface area contributed by atoms with Crippen LogP contribution in [-0.2, 0) is 11.2 Å². The molecule has 1 aliphatic rings. The van der Waals surface area contributed by atoms with Crippen molar-refractivity contribution >= 4 is 15.9 Å². The molecule has 1 fully saturated rings. The number of halogens is 1. The molecule has 0 saturated carbocycles. The van der Waals surface area contributed by atoms with E-state index in [0.29, 0.717) is 5.92 Å². The third-order valence-electron chi connectivity index (χ3n) is 3.39. The highest BCUT2D eigenvalue weighted by Crippen LogP contribution is 2.19. The van der Waals surface area contributed by atoms with Crippen molar-refractivity contribution in [3.63, 3.8) is 0 Å². The second kappa shape index (κ2) is 7.16. The van der Waals surface area contributed by atoms with Crippen LogP contribution in [0.4, 0.5) is 0 Å². The third kappa shape index (κ3) is 4.30. The van der Waals surface area contributed by atoms with E-state index in [-0.39, 0.29) is 0 Å². The number of hydrogen-bond donors (Lipinski definition) is 0. The number of piperidine rings is 1. The summed E-state index contributed by atoms with van der Waals surface area (Å²) in [4.78, 5) is 11.1. The van der Waals surface area contributed by atoms with E-state index < -0.39 is 0 Å². The second-order valence-electron chi connectivity index (χ2n) is 4.84. The highest BCUT2D eigenvalue weighted by atomic mass is 79.9. The Labute approximate surface area is 117 Å². The van der Waals surface area contributed by atoms with Gasteiger partial charge in [0.2, 0.25) is 0 Å². The molecule has 4 nitrogen and oxygen atoms in total. The molecule has 1 atom stereocenters. The number of methoxy groups -OCH3 is 1. The Morgan fingerprint density at radius 3 is 3.06 bits per heavy atom. The Morgan fingerprint density at radius 1 is 1.44 bits per heavy atom. The molecule has 2 rings (SSSR count). The van der Waals surface area contributed by atoms with Gasteiger partial charge in [0, 0.05) is 26.4 Å². The molecule has 1 aromatic rings. The topological polar surface area (TPSA) is 38.2 Å². The Kier molecular flexibility index (Phi) is 5.53. The van der Waals surface area contributed by atoms with E-state index >= 15 is 0 Å². The fourth-order valence-electron chi connectivity index (χ4n) is 2.48. The van der Waals surface area contributed by atoms with Gasteiger partial charge in [-0.3, -0.25) is 4.98 Å². The zero-order chi connectivity index (χ0) is 12.8. The lowest BCUT2D eigenvalue weighted by molar-refractivity contribution is 0.114. The van der Waals surface area contributed by atoms with Crippen molar-refractivity contribution in [2.75, 3.05) is 33.4 Å². The number of rotatable bonds is 5. The predicted octanol–water partition coefficient (Wildman–Crippen LogP) is 2.14. The van der Waals surface area contributed by atoms with Gasteiger partial charge in [-0.2, -0.15) is 0 Å². The number of aromatic nitrogens is 2. The first kappa shape index (κ1) is 13.9. The van der Waals surface area contributed by atoms with Gasteiger partial charge in [-0.25, -0.2) is 4.98 Å². The second-order valence-corrected chi connectivity index (χ2v) is 5.65. The SMILES string of the molecule is COCCN1CCCC(Cc2cnc(Br)cn2)C1. The largest absolute Gasteiger partial charge is 0.383 e. The fraction of sp³-hybridized carbons (Fsp3) is 0.692. The maximum atomic E-state index is 5.14. The van der Waals surface area contributed by atoms with Crippen LogP contribution in [0.1, 0.15) is 18.5 Å². The van der Waals surface area contributed by atoms with Crippen LogP contribution in [-0.4, -0.2) is 48.2 Å². The quantitative estimate of drug-likeness (QED) is 0.835. The lowest BCUT2D eigenvalue weighted by Gasteiger charge is -2.32. The van der Waals surface area contributed by atoms with Crippen molar-refractivity contribution in [3.8, 4) is 0 Å². The summed E-state index contributed by atoms with van der Waals surface area (Å²) < 4.78 is 5.94. The minimum atomic E-state index is 0.700. The van der Waals surface area contributed by atoms with Crippen LogP contribution in [0.3, 0.4) is 0 Å². The molecular formula is C13H20BrN3O. The molecule has 0 radical (unpaired) electrons. The van der Waals surface area contributed by atoms with Crippen molar-refractivity contribution in [2.24, 2.45) is 5.92 Å². The van der Waals surface area contributed by atoms with Gasteiger partial charge < -0.3 is 9.64 Å². The standard InChI is InChI=1S/C13H20BrN3O/c1-18-6-5-17-4-2-3-11(10-17)7-12-8-16-13(14)9-15-12/h8-9,11H,2-7,10H2,1H3. The van der Waals surface area contributed by atoms with Gasteiger partial charge in [0.05, 0.1) is 18.5 Å². The highest BCUT2D eigenvalue weighted by Gasteiger charge is 2.20. The molecule has 0 amide bonds. The van der Waals surface area contributed by atoms with Crippen LogP contribution >= 0.6 is 15.9 Å². The van der Waals surface area contributed by atoms with E-state index in [9.17, 15) is 0 Å². The summed E-state index contributed by atoms with van der Waals surface area (Å²) in [6.07, 6.45) is 7.25. The molecule has 18 heavy (non-hydrogen) atoms. The molecule has 0 aliphatic carbocycles. The van der Waals surface area contributed by atoms with Gasteiger partial charge in [0.25, 0.3) is 0 Å².